The van der Waals surface area contributed by atoms with Crippen molar-refractivity contribution in [2.24, 2.45) is 4.99 Å². The summed E-state index contributed by atoms with van der Waals surface area (Å²) in [4.78, 5) is 18.5. The molecule has 0 bridgehead atoms. The van der Waals surface area contributed by atoms with Crippen LogP contribution >= 0.6 is 0 Å². The van der Waals surface area contributed by atoms with Crippen molar-refractivity contribution in [3.8, 4) is 5.75 Å². The molecule has 0 saturated carbocycles. The van der Waals surface area contributed by atoms with E-state index >= 15 is 0 Å². The third-order valence-electron chi connectivity index (χ3n) is 3.44. The van der Waals surface area contributed by atoms with Crippen LogP contribution < -0.4 is 4.74 Å². The SMILES string of the molecule is COc1cccc(C(=O)N=C(OC(C)C)N(C)Cc2ccccc2)c1. The molecule has 2 aromatic carbocycles. The van der Waals surface area contributed by atoms with Gasteiger partial charge in [-0.1, -0.05) is 36.4 Å². The van der Waals surface area contributed by atoms with E-state index in [0.29, 0.717) is 23.9 Å². The van der Waals surface area contributed by atoms with Gasteiger partial charge in [0.2, 0.25) is 0 Å². The van der Waals surface area contributed by atoms with Gasteiger partial charge in [-0.3, -0.25) is 4.79 Å². The summed E-state index contributed by atoms with van der Waals surface area (Å²) in [5.74, 6) is 0.250. The molecule has 0 unspecified atom stereocenters. The number of amides is 1. The van der Waals surface area contributed by atoms with E-state index in [1.807, 2.05) is 56.1 Å². The average molecular weight is 340 g/mol. The zero-order valence-electron chi connectivity index (χ0n) is 15.1. The fraction of sp³-hybridized carbons (Fsp3) is 0.300. The number of hydrogen-bond acceptors (Lipinski definition) is 3. The fourth-order valence-corrected chi connectivity index (χ4v) is 2.24. The molecule has 2 rings (SSSR count). The van der Waals surface area contributed by atoms with Gasteiger partial charge in [-0.15, -0.1) is 0 Å². The summed E-state index contributed by atoms with van der Waals surface area (Å²) in [6, 6.07) is 17.2. The minimum atomic E-state index is -0.366. The zero-order valence-corrected chi connectivity index (χ0v) is 15.1. The van der Waals surface area contributed by atoms with E-state index in [1.165, 1.54) is 0 Å². The Labute approximate surface area is 148 Å². The highest BCUT2D eigenvalue weighted by atomic mass is 16.5. The monoisotopic (exact) mass is 340 g/mol. The van der Waals surface area contributed by atoms with E-state index in [1.54, 1.807) is 31.4 Å². The Morgan fingerprint density at radius 3 is 2.48 bits per heavy atom. The van der Waals surface area contributed by atoms with Gasteiger partial charge in [-0.05, 0) is 37.6 Å². The Balaban J connectivity index is 2.22. The predicted molar refractivity (Wildman–Crippen MR) is 98.9 cm³/mol. The molecule has 0 aliphatic carbocycles. The van der Waals surface area contributed by atoms with Crippen LogP contribution in [0.1, 0.15) is 29.8 Å². The molecule has 0 heterocycles. The Kier molecular flexibility index (Phi) is 6.57. The molecule has 0 aliphatic rings. The van der Waals surface area contributed by atoms with Gasteiger partial charge < -0.3 is 14.4 Å². The Hall–Kier alpha value is -2.82. The lowest BCUT2D eigenvalue weighted by Gasteiger charge is -2.22. The summed E-state index contributed by atoms with van der Waals surface area (Å²) in [5.41, 5.74) is 1.57. The van der Waals surface area contributed by atoms with Crippen LogP contribution in [-0.2, 0) is 11.3 Å². The maximum atomic E-state index is 12.5. The first-order chi connectivity index (χ1) is 12.0. The third-order valence-corrected chi connectivity index (χ3v) is 3.44. The van der Waals surface area contributed by atoms with Gasteiger partial charge >= 0.3 is 0 Å². The van der Waals surface area contributed by atoms with E-state index in [0.717, 1.165) is 5.56 Å². The second-order valence-electron chi connectivity index (χ2n) is 5.94. The van der Waals surface area contributed by atoms with E-state index < -0.39 is 0 Å². The molecular formula is C20H24N2O3. The summed E-state index contributed by atoms with van der Waals surface area (Å²) >= 11 is 0. The van der Waals surface area contributed by atoms with Crippen molar-refractivity contribution in [1.29, 1.82) is 0 Å². The molecule has 5 nitrogen and oxygen atoms in total. The number of benzene rings is 2. The van der Waals surface area contributed by atoms with Crippen molar-refractivity contribution < 1.29 is 14.3 Å². The molecule has 0 aliphatic heterocycles. The predicted octanol–water partition coefficient (Wildman–Crippen LogP) is 3.75. The first kappa shape index (κ1) is 18.5. The number of carbonyl (C=O) groups excluding carboxylic acids is 1. The van der Waals surface area contributed by atoms with Crippen LogP contribution in [0.2, 0.25) is 0 Å². The normalized spacial score (nSPS) is 11.3. The number of ether oxygens (including phenoxy) is 2. The van der Waals surface area contributed by atoms with E-state index in [4.69, 9.17) is 9.47 Å². The number of nitrogens with zero attached hydrogens (tertiary/aromatic N) is 2. The largest absolute Gasteiger partial charge is 0.497 e. The van der Waals surface area contributed by atoms with Crippen LogP contribution in [0.25, 0.3) is 0 Å². The minimum absolute atomic E-state index is 0.0879. The van der Waals surface area contributed by atoms with Crippen LogP contribution in [-0.4, -0.2) is 37.1 Å². The molecule has 0 saturated heterocycles. The Morgan fingerprint density at radius 2 is 1.84 bits per heavy atom. The second-order valence-corrected chi connectivity index (χ2v) is 5.94. The average Bonchev–Trinajstić information content (AvgIpc) is 2.61. The maximum absolute atomic E-state index is 12.5. The van der Waals surface area contributed by atoms with Crippen LogP contribution in [0.3, 0.4) is 0 Å². The van der Waals surface area contributed by atoms with Gasteiger partial charge in [0.05, 0.1) is 13.2 Å². The maximum Gasteiger partial charge on any atom is 0.295 e. The molecule has 0 aromatic heterocycles. The smallest absolute Gasteiger partial charge is 0.295 e. The Morgan fingerprint density at radius 1 is 1.12 bits per heavy atom. The number of hydrogen-bond donors (Lipinski definition) is 0. The standard InChI is InChI=1S/C20H24N2O3/c1-15(2)25-20(22(3)14-16-9-6-5-7-10-16)21-19(23)17-11-8-12-18(13-17)24-4/h5-13,15H,14H2,1-4H3. The van der Waals surface area contributed by atoms with Crippen LogP contribution in [0.15, 0.2) is 59.6 Å². The van der Waals surface area contributed by atoms with E-state index in [9.17, 15) is 4.79 Å². The molecule has 0 atom stereocenters. The quantitative estimate of drug-likeness (QED) is 0.614. The summed E-state index contributed by atoms with van der Waals surface area (Å²) in [7, 11) is 3.42. The minimum Gasteiger partial charge on any atom is -0.497 e. The number of amidine groups is 1. The van der Waals surface area contributed by atoms with E-state index in [-0.39, 0.29) is 12.0 Å². The van der Waals surface area contributed by atoms with Crippen molar-refractivity contribution in [3.63, 3.8) is 0 Å². The van der Waals surface area contributed by atoms with Gasteiger partial charge in [-0.2, -0.15) is 4.99 Å². The number of aliphatic imine (C=N–C) groups is 1. The number of rotatable bonds is 5. The van der Waals surface area contributed by atoms with Gasteiger partial charge in [-0.25, -0.2) is 0 Å². The molecule has 2 aromatic rings. The Bertz CT molecular complexity index is 727. The lowest BCUT2D eigenvalue weighted by Crippen LogP contribution is -2.31. The molecule has 25 heavy (non-hydrogen) atoms. The van der Waals surface area contributed by atoms with Crippen molar-refractivity contribution >= 4 is 11.9 Å². The van der Waals surface area contributed by atoms with Crippen molar-refractivity contribution in [1.82, 2.24) is 4.90 Å². The number of carbonyl (C=O) groups is 1. The third kappa shape index (κ3) is 5.64. The zero-order chi connectivity index (χ0) is 18.2. The molecule has 5 heteroatoms. The fourth-order valence-electron chi connectivity index (χ4n) is 2.24. The topological polar surface area (TPSA) is 51.1 Å². The summed E-state index contributed by atoms with van der Waals surface area (Å²) in [6.07, 6.45) is -0.0879. The highest BCUT2D eigenvalue weighted by molar-refractivity contribution is 6.01. The van der Waals surface area contributed by atoms with Gasteiger partial charge in [0.1, 0.15) is 5.75 Å². The van der Waals surface area contributed by atoms with Gasteiger partial charge in [0.25, 0.3) is 11.9 Å². The van der Waals surface area contributed by atoms with Crippen LogP contribution in [0.4, 0.5) is 0 Å². The lowest BCUT2D eigenvalue weighted by molar-refractivity contribution is 0.0989. The lowest BCUT2D eigenvalue weighted by atomic mass is 10.2. The van der Waals surface area contributed by atoms with Crippen molar-refractivity contribution in [3.05, 3.63) is 65.7 Å². The molecule has 132 valence electrons. The molecule has 0 spiro atoms. The molecule has 0 radical (unpaired) electrons. The van der Waals surface area contributed by atoms with Crippen LogP contribution in [0.5, 0.6) is 5.75 Å². The number of methoxy groups -OCH3 is 1. The summed E-state index contributed by atoms with van der Waals surface area (Å²) < 4.78 is 10.9. The molecular weight excluding hydrogens is 316 g/mol. The highest BCUT2D eigenvalue weighted by Gasteiger charge is 2.15. The molecule has 0 N–H and O–H groups in total. The second kappa shape index (κ2) is 8.87. The molecule has 1 amide bonds. The first-order valence-corrected chi connectivity index (χ1v) is 8.18. The van der Waals surface area contributed by atoms with Crippen LogP contribution in [0, 0.1) is 0 Å². The first-order valence-electron chi connectivity index (χ1n) is 8.18. The highest BCUT2D eigenvalue weighted by Crippen LogP contribution is 2.14. The van der Waals surface area contributed by atoms with Crippen molar-refractivity contribution in [2.45, 2.75) is 26.5 Å². The molecule has 0 fully saturated rings. The summed E-state index contributed by atoms with van der Waals surface area (Å²) in [5, 5.41) is 0. The van der Waals surface area contributed by atoms with Gasteiger partial charge in [0, 0.05) is 19.2 Å². The summed E-state index contributed by atoms with van der Waals surface area (Å²) in [6.45, 7) is 4.40. The van der Waals surface area contributed by atoms with Gasteiger partial charge in [0.15, 0.2) is 0 Å². The van der Waals surface area contributed by atoms with Crippen molar-refractivity contribution in [2.75, 3.05) is 14.2 Å². The van der Waals surface area contributed by atoms with E-state index in [2.05, 4.69) is 4.99 Å².